The summed E-state index contributed by atoms with van der Waals surface area (Å²) in [6, 6.07) is 5.30. The van der Waals surface area contributed by atoms with Crippen molar-refractivity contribution < 1.29 is 4.79 Å². The van der Waals surface area contributed by atoms with Crippen LogP contribution in [0, 0.1) is 12.3 Å². The normalized spacial score (nSPS) is 10.2. The van der Waals surface area contributed by atoms with Gasteiger partial charge in [-0.05, 0) is 18.2 Å². The third-order valence-corrected chi connectivity index (χ3v) is 2.53. The van der Waals surface area contributed by atoms with E-state index in [0.29, 0.717) is 11.1 Å². The average molecular weight is 228 g/mol. The summed E-state index contributed by atoms with van der Waals surface area (Å²) in [5.41, 5.74) is 2.16. The van der Waals surface area contributed by atoms with Gasteiger partial charge in [-0.1, -0.05) is 11.1 Å². The monoisotopic (exact) mass is 228 g/mol. The summed E-state index contributed by atoms with van der Waals surface area (Å²) in [5.74, 6) is 2.32. The van der Waals surface area contributed by atoms with Gasteiger partial charge in [0.1, 0.15) is 5.52 Å². The fourth-order valence-electron chi connectivity index (χ4n) is 1.60. The number of nitrogens with zero attached hydrogens (tertiary/aromatic N) is 4. The Labute approximate surface area is 99.0 Å². The third kappa shape index (κ3) is 1.97. The Kier molecular flexibility index (Phi) is 2.79. The summed E-state index contributed by atoms with van der Waals surface area (Å²) in [7, 11) is 3.48. The fraction of sp³-hybridized carbons (Fsp3) is 0.250. The standard InChI is InChI=1S/C12H12N4O/c1-4-7-15(2)12(17)9-5-6-11-10(8-9)13-14-16(11)3/h1,5-6,8H,7H2,2-3H3. The molecule has 2 aromatic rings. The molecule has 0 fully saturated rings. The third-order valence-electron chi connectivity index (χ3n) is 2.53. The van der Waals surface area contributed by atoms with Crippen molar-refractivity contribution in [1.29, 1.82) is 0 Å². The minimum absolute atomic E-state index is 0.115. The van der Waals surface area contributed by atoms with Gasteiger partial charge in [0.25, 0.3) is 5.91 Å². The lowest BCUT2D eigenvalue weighted by Gasteiger charge is -2.13. The van der Waals surface area contributed by atoms with Gasteiger partial charge in [-0.2, -0.15) is 0 Å². The first-order chi connectivity index (χ1) is 8.13. The van der Waals surface area contributed by atoms with Gasteiger partial charge in [-0.3, -0.25) is 4.79 Å². The van der Waals surface area contributed by atoms with Crippen molar-refractivity contribution in [1.82, 2.24) is 19.9 Å². The zero-order valence-corrected chi connectivity index (χ0v) is 9.71. The van der Waals surface area contributed by atoms with Gasteiger partial charge < -0.3 is 4.90 Å². The number of aryl methyl sites for hydroxylation is 1. The van der Waals surface area contributed by atoms with Crippen LogP contribution in [0.4, 0.5) is 0 Å². The molecule has 0 saturated carbocycles. The predicted octanol–water partition coefficient (Wildman–Crippen LogP) is 0.674. The zero-order chi connectivity index (χ0) is 12.4. The van der Waals surface area contributed by atoms with Crippen LogP contribution in [0.3, 0.4) is 0 Å². The van der Waals surface area contributed by atoms with Crippen LogP contribution in [0.25, 0.3) is 11.0 Å². The number of benzene rings is 1. The highest BCUT2D eigenvalue weighted by Gasteiger charge is 2.12. The Morgan fingerprint density at radius 3 is 3.06 bits per heavy atom. The van der Waals surface area contributed by atoms with E-state index in [1.807, 2.05) is 6.07 Å². The molecule has 0 aliphatic rings. The number of terminal acetylenes is 1. The van der Waals surface area contributed by atoms with Gasteiger partial charge >= 0.3 is 0 Å². The molecule has 5 heteroatoms. The maximum atomic E-state index is 12.0. The average Bonchev–Trinajstić information content (AvgIpc) is 2.70. The van der Waals surface area contributed by atoms with E-state index in [9.17, 15) is 4.79 Å². The van der Waals surface area contributed by atoms with Crippen LogP contribution < -0.4 is 0 Å². The molecule has 1 aromatic heterocycles. The maximum Gasteiger partial charge on any atom is 0.254 e. The van der Waals surface area contributed by atoms with Gasteiger partial charge in [0.15, 0.2) is 0 Å². The van der Waals surface area contributed by atoms with Crippen LogP contribution in [0.2, 0.25) is 0 Å². The number of amides is 1. The molecular formula is C12H12N4O. The molecule has 0 spiro atoms. The summed E-state index contributed by atoms with van der Waals surface area (Å²) in [6.07, 6.45) is 5.17. The molecule has 1 heterocycles. The van der Waals surface area contributed by atoms with E-state index in [0.717, 1.165) is 5.52 Å². The van der Waals surface area contributed by atoms with Crippen LogP contribution >= 0.6 is 0 Å². The Morgan fingerprint density at radius 1 is 1.59 bits per heavy atom. The molecule has 0 atom stereocenters. The molecule has 0 aliphatic heterocycles. The van der Waals surface area contributed by atoms with Gasteiger partial charge in [-0.15, -0.1) is 11.5 Å². The Hall–Kier alpha value is -2.35. The Bertz CT molecular complexity index is 608. The van der Waals surface area contributed by atoms with Gasteiger partial charge in [0.05, 0.1) is 12.1 Å². The molecule has 5 nitrogen and oxygen atoms in total. The number of hydrogen-bond acceptors (Lipinski definition) is 3. The molecule has 1 amide bonds. The lowest BCUT2D eigenvalue weighted by atomic mass is 10.2. The van der Waals surface area contributed by atoms with Crippen LogP contribution in [0.15, 0.2) is 18.2 Å². The minimum atomic E-state index is -0.115. The molecule has 86 valence electrons. The van der Waals surface area contributed by atoms with Crippen molar-refractivity contribution in [2.24, 2.45) is 7.05 Å². The van der Waals surface area contributed by atoms with Crippen molar-refractivity contribution in [2.75, 3.05) is 13.6 Å². The molecule has 0 bridgehead atoms. The molecular weight excluding hydrogens is 216 g/mol. The first kappa shape index (κ1) is 11.1. The number of carbonyl (C=O) groups excluding carboxylic acids is 1. The van der Waals surface area contributed by atoms with Crippen LogP contribution in [0.1, 0.15) is 10.4 Å². The van der Waals surface area contributed by atoms with Crippen molar-refractivity contribution in [3.63, 3.8) is 0 Å². The minimum Gasteiger partial charge on any atom is -0.331 e. The Morgan fingerprint density at radius 2 is 2.35 bits per heavy atom. The quantitative estimate of drug-likeness (QED) is 0.710. The smallest absolute Gasteiger partial charge is 0.254 e. The summed E-state index contributed by atoms with van der Waals surface area (Å²) in [4.78, 5) is 13.4. The summed E-state index contributed by atoms with van der Waals surface area (Å²) >= 11 is 0. The molecule has 2 rings (SSSR count). The second-order valence-electron chi connectivity index (χ2n) is 3.78. The number of hydrogen-bond donors (Lipinski definition) is 0. The lowest BCUT2D eigenvalue weighted by molar-refractivity contribution is 0.0813. The van der Waals surface area contributed by atoms with Gasteiger partial charge in [0, 0.05) is 19.7 Å². The number of aromatic nitrogens is 3. The summed E-state index contributed by atoms with van der Waals surface area (Å²) in [5, 5.41) is 7.86. The second-order valence-corrected chi connectivity index (χ2v) is 3.78. The first-order valence-corrected chi connectivity index (χ1v) is 5.12. The van der Waals surface area contributed by atoms with Crippen molar-refractivity contribution in [2.45, 2.75) is 0 Å². The van der Waals surface area contributed by atoms with Crippen LogP contribution in [-0.2, 0) is 7.05 Å². The number of rotatable bonds is 2. The van der Waals surface area contributed by atoms with Crippen molar-refractivity contribution >= 4 is 16.9 Å². The van der Waals surface area contributed by atoms with Crippen LogP contribution in [0.5, 0.6) is 0 Å². The van der Waals surface area contributed by atoms with E-state index in [-0.39, 0.29) is 12.5 Å². The van der Waals surface area contributed by atoms with Gasteiger partial charge in [0.2, 0.25) is 0 Å². The molecule has 1 aromatic carbocycles. The maximum absolute atomic E-state index is 12.0. The second kappa shape index (κ2) is 4.26. The van der Waals surface area contributed by atoms with E-state index in [4.69, 9.17) is 6.42 Å². The van der Waals surface area contributed by atoms with Crippen LogP contribution in [-0.4, -0.2) is 39.4 Å². The highest BCUT2D eigenvalue weighted by molar-refractivity contribution is 5.97. The molecule has 0 unspecified atom stereocenters. The van der Waals surface area contributed by atoms with Crippen molar-refractivity contribution in [3.05, 3.63) is 23.8 Å². The van der Waals surface area contributed by atoms with E-state index in [1.165, 1.54) is 4.90 Å². The van der Waals surface area contributed by atoms with E-state index < -0.39 is 0 Å². The Balaban J connectivity index is 2.37. The molecule has 0 radical (unpaired) electrons. The summed E-state index contributed by atoms with van der Waals surface area (Å²) in [6.45, 7) is 0.289. The largest absolute Gasteiger partial charge is 0.331 e. The fourth-order valence-corrected chi connectivity index (χ4v) is 1.60. The highest BCUT2D eigenvalue weighted by atomic mass is 16.2. The number of fused-ring (bicyclic) bond motifs is 1. The van der Waals surface area contributed by atoms with Crippen molar-refractivity contribution in [3.8, 4) is 12.3 Å². The SMILES string of the molecule is C#CCN(C)C(=O)c1ccc2c(c1)nnn2C. The van der Waals surface area contributed by atoms with Gasteiger partial charge in [-0.25, -0.2) is 4.68 Å². The molecule has 0 N–H and O–H groups in total. The molecule has 17 heavy (non-hydrogen) atoms. The predicted molar refractivity (Wildman–Crippen MR) is 64.3 cm³/mol. The topological polar surface area (TPSA) is 51.0 Å². The number of carbonyl (C=O) groups is 1. The lowest BCUT2D eigenvalue weighted by Crippen LogP contribution is -2.26. The zero-order valence-electron chi connectivity index (χ0n) is 9.71. The van der Waals surface area contributed by atoms with E-state index in [1.54, 1.807) is 30.9 Å². The highest BCUT2D eigenvalue weighted by Crippen LogP contribution is 2.13. The molecule has 0 saturated heterocycles. The van der Waals surface area contributed by atoms with E-state index >= 15 is 0 Å². The molecule has 0 aliphatic carbocycles. The summed E-state index contributed by atoms with van der Waals surface area (Å²) < 4.78 is 1.66. The first-order valence-electron chi connectivity index (χ1n) is 5.12. The van der Waals surface area contributed by atoms with E-state index in [2.05, 4.69) is 16.2 Å².